The Morgan fingerprint density at radius 1 is 0.566 bits per heavy atom. The Morgan fingerprint density at radius 2 is 0.943 bits per heavy atom. The number of carbonyl (C=O) groups is 3. The van der Waals surface area contributed by atoms with E-state index in [9.17, 15) is 14.4 Å². The van der Waals surface area contributed by atoms with E-state index in [4.69, 9.17) is 14.2 Å². The highest BCUT2D eigenvalue weighted by Gasteiger charge is 2.15. The van der Waals surface area contributed by atoms with E-state index >= 15 is 0 Å². The van der Waals surface area contributed by atoms with Gasteiger partial charge >= 0.3 is 17.9 Å². The van der Waals surface area contributed by atoms with Gasteiger partial charge in [0.2, 0.25) is 0 Å². The molecule has 0 spiro atoms. The topological polar surface area (TPSA) is 82.1 Å². The molecule has 0 aromatic carbocycles. The lowest BCUT2D eigenvalue weighted by atomic mass is 10.0. The van der Waals surface area contributed by atoms with Crippen molar-refractivity contribution in [2.45, 2.75) is 192 Å². The zero-order valence-corrected chi connectivity index (χ0v) is 34.2. The number of esters is 3. The van der Waals surface area contributed by atoms with Crippen LogP contribution in [0.4, 0.5) is 0 Å². The van der Waals surface area contributed by atoms with Crippen molar-refractivity contribution < 1.29 is 28.6 Å². The molecule has 0 N–H and O–H groups in total. The molecule has 0 saturated heterocycles. The van der Waals surface area contributed by atoms with Crippen LogP contribution in [0.15, 0.2) is 48.6 Å². The number of rotatable bonds is 5. The lowest BCUT2D eigenvalue weighted by Gasteiger charge is -2.18. The van der Waals surface area contributed by atoms with Crippen LogP contribution in [-0.4, -0.2) is 62.8 Å². The molecule has 0 aliphatic carbocycles. The molecule has 1 rings (SSSR count). The Hall–Kier alpha value is -2.67. The quantitative estimate of drug-likeness (QED) is 0.120. The van der Waals surface area contributed by atoms with E-state index in [0.717, 1.165) is 116 Å². The minimum Gasteiger partial charge on any atom is -0.465 e. The third-order valence-corrected chi connectivity index (χ3v) is 9.63. The standard InChI is InChI=1S/C46H79NO6/c1-47(2)39-35-38-44(48)53-43-36-31-27-23-19-15-11-7-3-5-9-13-17-21-25-29-33-40-51-45(49)42-46(50)52-41-34-30-26-22-18-14-10-6-4-8-12-16-20-24-28-32-37-43/h3-6,13-14,17-18,43H,7-12,15-16,19-42H2,1-2H3/b5-3-,6-4-,17-13-,18-14-. The first kappa shape index (κ1) is 48.3. The predicted octanol–water partition coefficient (Wildman–Crippen LogP) is 12.1. The Bertz CT molecular complexity index is 936. The summed E-state index contributed by atoms with van der Waals surface area (Å²) in [5.41, 5.74) is 0. The molecule has 304 valence electrons. The van der Waals surface area contributed by atoms with Crippen LogP contribution in [0.25, 0.3) is 0 Å². The average Bonchev–Trinajstić information content (AvgIpc) is 3.12. The average molecular weight is 742 g/mol. The van der Waals surface area contributed by atoms with Gasteiger partial charge in [0.15, 0.2) is 0 Å². The Morgan fingerprint density at radius 3 is 1.36 bits per heavy atom. The van der Waals surface area contributed by atoms with Gasteiger partial charge < -0.3 is 19.1 Å². The van der Waals surface area contributed by atoms with Crippen LogP contribution in [0.5, 0.6) is 0 Å². The molecule has 53 heavy (non-hydrogen) atoms. The fourth-order valence-corrected chi connectivity index (χ4v) is 6.42. The minimum atomic E-state index is -0.493. The van der Waals surface area contributed by atoms with E-state index in [1.165, 1.54) is 64.2 Å². The maximum Gasteiger partial charge on any atom is 0.317 e. The molecule has 0 saturated carbocycles. The summed E-state index contributed by atoms with van der Waals surface area (Å²) in [5, 5.41) is 0. The molecule has 0 amide bonds. The number of cyclic esters (lactones) is 2. The second-order valence-electron chi connectivity index (χ2n) is 15.1. The van der Waals surface area contributed by atoms with Gasteiger partial charge in [-0.2, -0.15) is 0 Å². The Labute approximate surface area is 325 Å². The molecule has 0 fully saturated rings. The van der Waals surface area contributed by atoms with Gasteiger partial charge in [-0.25, -0.2) is 0 Å². The maximum atomic E-state index is 12.6. The molecule has 0 aromatic rings. The van der Waals surface area contributed by atoms with Crippen molar-refractivity contribution in [1.82, 2.24) is 4.90 Å². The van der Waals surface area contributed by atoms with Gasteiger partial charge in [0.05, 0.1) is 13.2 Å². The Kier molecular flexibility index (Phi) is 34.3. The lowest BCUT2D eigenvalue weighted by Crippen LogP contribution is -2.20. The van der Waals surface area contributed by atoms with Gasteiger partial charge in [0.1, 0.15) is 12.5 Å². The summed E-state index contributed by atoms with van der Waals surface area (Å²) >= 11 is 0. The second-order valence-corrected chi connectivity index (χ2v) is 15.1. The lowest BCUT2D eigenvalue weighted by molar-refractivity contribution is -0.155. The normalized spacial score (nSPS) is 22.8. The molecular formula is C46H79NO6. The highest BCUT2D eigenvalue weighted by molar-refractivity contribution is 5.91. The van der Waals surface area contributed by atoms with Crippen molar-refractivity contribution in [3.05, 3.63) is 48.6 Å². The van der Waals surface area contributed by atoms with Crippen LogP contribution in [-0.2, 0) is 28.6 Å². The predicted molar refractivity (Wildman–Crippen MR) is 221 cm³/mol. The SMILES string of the molecule is CN(C)CCCC(=O)OC1CCCCCCCC/C=C\C/C=C\CCCCCOC(=O)CC(=O)OCCCCC/C=C\C/C=C\CCCCCCCC1. The van der Waals surface area contributed by atoms with Crippen LogP contribution in [0.1, 0.15) is 186 Å². The fourth-order valence-electron chi connectivity index (χ4n) is 6.42. The molecule has 0 aromatic heterocycles. The zero-order valence-electron chi connectivity index (χ0n) is 34.2. The number of nitrogens with zero attached hydrogens (tertiary/aromatic N) is 1. The number of carbonyl (C=O) groups excluding carboxylic acids is 3. The molecule has 0 bridgehead atoms. The summed E-state index contributed by atoms with van der Waals surface area (Å²) in [6, 6.07) is 0. The van der Waals surface area contributed by atoms with Crippen LogP contribution in [0.3, 0.4) is 0 Å². The summed E-state index contributed by atoms with van der Waals surface area (Å²) in [6.45, 7) is 1.64. The summed E-state index contributed by atoms with van der Waals surface area (Å²) in [6.07, 6.45) is 48.2. The maximum absolute atomic E-state index is 12.6. The van der Waals surface area contributed by atoms with Crippen molar-refractivity contribution in [3.63, 3.8) is 0 Å². The first-order valence-electron chi connectivity index (χ1n) is 21.7. The molecular weight excluding hydrogens is 663 g/mol. The molecule has 7 nitrogen and oxygen atoms in total. The van der Waals surface area contributed by atoms with E-state index in [0.29, 0.717) is 19.6 Å². The zero-order chi connectivity index (χ0) is 38.3. The number of hydrogen-bond donors (Lipinski definition) is 0. The first-order valence-corrected chi connectivity index (χ1v) is 21.7. The third-order valence-electron chi connectivity index (χ3n) is 9.63. The number of hydrogen-bond acceptors (Lipinski definition) is 7. The monoisotopic (exact) mass is 742 g/mol. The molecule has 1 heterocycles. The molecule has 0 unspecified atom stereocenters. The van der Waals surface area contributed by atoms with Crippen LogP contribution < -0.4 is 0 Å². The van der Waals surface area contributed by atoms with E-state index < -0.39 is 11.9 Å². The Balaban J connectivity index is 2.43. The molecule has 0 radical (unpaired) electrons. The summed E-state index contributed by atoms with van der Waals surface area (Å²) in [5.74, 6) is -1.00. The van der Waals surface area contributed by atoms with Crippen LogP contribution in [0.2, 0.25) is 0 Å². The van der Waals surface area contributed by atoms with Crippen molar-refractivity contribution in [1.29, 1.82) is 0 Å². The molecule has 0 atom stereocenters. The smallest absolute Gasteiger partial charge is 0.317 e. The van der Waals surface area contributed by atoms with E-state index in [-0.39, 0.29) is 18.5 Å². The second kappa shape index (κ2) is 37.6. The van der Waals surface area contributed by atoms with Gasteiger partial charge in [-0.3, -0.25) is 14.4 Å². The summed E-state index contributed by atoms with van der Waals surface area (Å²) in [4.78, 5) is 38.5. The van der Waals surface area contributed by atoms with Gasteiger partial charge in [-0.15, -0.1) is 0 Å². The number of allylic oxidation sites excluding steroid dienone is 8. The van der Waals surface area contributed by atoms with Gasteiger partial charge in [0.25, 0.3) is 0 Å². The van der Waals surface area contributed by atoms with Crippen molar-refractivity contribution in [2.75, 3.05) is 33.9 Å². The van der Waals surface area contributed by atoms with Gasteiger partial charge in [-0.05, 0) is 143 Å². The van der Waals surface area contributed by atoms with E-state index in [2.05, 4.69) is 53.5 Å². The summed E-state index contributed by atoms with van der Waals surface area (Å²) < 4.78 is 16.4. The van der Waals surface area contributed by atoms with Crippen LogP contribution >= 0.6 is 0 Å². The molecule has 7 heteroatoms. The third kappa shape index (κ3) is 36.1. The molecule has 1 aliphatic heterocycles. The minimum absolute atomic E-state index is 0.0171. The highest BCUT2D eigenvalue weighted by atomic mass is 16.6. The number of ether oxygens (including phenoxy) is 3. The highest BCUT2D eigenvalue weighted by Crippen LogP contribution is 2.18. The van der Waals surface area contributed by atoms with Crippen LogP contribution in [0, 0.1) is 0 Å². The first-order chi connectivity index (χ1) is 26.0. The van der Waals surface area contributed by atoms with Crippen molar-refractivity contribution in [2.24, 2.45) is 0 Å². The van der Waals surface area contributed by atoms with E-state index in [1.807, 2.05) is 14.1 Å². The largest absolute Gasteiger partial charge is 0.465 e. The van der Waals surface area contributed by atoms with Gasteiger partial charge in [0, 0.05) is 6.42 Å². The summed E-state index contributed by atoms with van der Waals surface area (Å²) in [7, 11) is 4.10. The molecule has 1 aliphatic rings. The van der Waals surface area contributed by atoms with Gasteiger partial charge in [-0.1, -0.05) is 100.0 Å². The van der Waals surface area contributed by atoms with Crippen molar-refractivity contribution >= 4 is 17.9 Å². The fraction of sp³-hybridized carbons (Fsp3) is 0.761. The van der Waals surface area contributed by atoms with Crippen molar-refractivity contribution in [3.8, 4) is 0 Å². The van der Waals surface area contributed by atoms with E-state index in [1.54, 1.807) is 0 Å².